The van der Waals surface area contributed by atoms with Crippen LogP contribution in [-0.2, 0) is 9.59 Å². The average molecular weight is 617 g/mol. The largest absolute Gasteiger partial charge is 0.339 e. The molecule has 2 aliphatic rings. The van der Waals surface area contributed by atoms with Crippen LogP contribution in [-0.4, -0.2) is 59.6 Å². The van der Waals surface area contributed by atoms with E-state index in [1.807, 2.05) is 48.2 Å². The van der Waals surface area contributed by atoms with E-state index in [9.17, 15) is 19.2 Å². The molecule has 0 aromatic heterocycles. The third kappa shape index (κ3) is 10.2. The Morgan fingerprint density at radius 2 is 0.911 bits per heavy atom. The number of para-hydroxylation sites is 2. The maximum atomic E-state index is 13.2. The van der Waals surface area contributed by atoms with E-state index < -0.39 is 0 Å². The zero-order valence-electron chi connectivity index (χ0n) is 27.3. The lowest BCUT2D eigenvalue weighted by molar-refractivity contribution is -0.117. The number of carbonyl (C=O) groups excluding carboxylic acids is 4. The molecule has 0 atom stereocenters. The highest BCUT2D eigenvalue weighted by atomic mass is 16.2. The van der Waals surface area contributed by atoms with E-state index in [4.69, 9.17) is 0 Å². The molecule has 2 aliphatic carbocycles. The summed E-state index contributed by atoms with van der Waals surface area (Å²) in [5, 5.41) is 5.92. The highest BCUT2D eigenvalue weighted by molar-refractivity contribution is 6.04. The molecule has 8 heteroatoms. The van der Waals surface area contributed by atoms with Gasteiger partial charge in [-0.3, -0.25) is 19.2 Å². The number of carbonyl (C=O) groups is 4. The summed E-state index contributed by atoms with van der Waals surface area (Å²) in [5.74, 6) is -0.248. The zero-order chi connectivity index (χ0) is 32.0. The first-order chi connectivity index (χ1) is 21.8. The number of anilines is 2. The van der Waals surface area contributed by atoms with Crippen LogP contribution in [0.2, 0.25) is 0 Å². The van der Waals surface area contributed by atoms with Crippen LogP contribution < -0.4 is 10.6 Å². The van der Waals surface area contributed by atoms with Crippen molar-refractivity contribution in [3.05, 3.63) is 59.7 Å². The maximum absolute atomic E-state index is 13.2. The second-order valence-electron chi connectivity index (χ2n) is 12.9. The van der Waals surface area contributed by atoms with Crippen molar-refractivity contribution in [1.82, 2.24) is 9.80 Å². The number of unbranched alkanes of at least 4 members (excludes halogenated alkanes) is 4. The number of benzene rings is 2. The van der Waals surface area contributed by atoms with Gasteiger partial charge in [0, 0.05) is 39.0 Å². The normalized spacial score (nSPS) is 15.7. The summed E-state index contributed by atoms with van der Waals surface area (Å²) in [6, 6.07) is 15.1. The summed E-state index contributed by atoms with van der Waals surface area (Å²) < 4.78 is 0. The summed E-state index contributed by atoms with van der Waals surface area (Å²) in [6.07, 6.45) is 16.2. The van der Waals surface area contributed by atoms with E-state index in [2.05, 4.69) is 10.6 Å². The van der Waals surface area contributed by atoms with E-state index >= 15 is 0 Å². The Labute approximate surface area is 269 Å². The lowest BCUT2D eigenvalue weighted by Gasteiger charge is -2.31. The first-order valence-electron chi connectivity index (χ1n) is 17.2. The molecule has 0 radical (unpaired) electrons. The first kappa shape index (κ1) is 34.2. The molecule has 244 valence electrons. The van der Waals surface area contributed by atoms with Crippen LogP contribution in [0.5, 0.6) is 0 Å². The van der Waals surface area contributed by atoms with Gasteiger partial charge in [0.05, 0.1) is 22.5 Å². The molecule has 0 bridgehead atoms. The number of rotatable bonds is 14. The topological polar surface area (TPSA) is 98.8 Å². The Morgan fingerprint density at radius 3 is 1.31 bits per heavy atom. The van der Waals surface area contributed by atoms with Gasteiger partial charge in [0.15, 0.2) is 0 Å². The van der Waals surface area contributed by atoms with Crippen molar-refractivity contribution >= 4 is 35.0 Å². The molecule has 2 saturated carbocycles. The molecule has 4 rings (SSSR count). The Bertz CT molecular complexity index is 1190. The van der Waals surface area contributed by atoms with Crippen molar-refractivity contribution in [3.63, 3.8) is 0 Å². The molecule has 2 aromatic carbocycles. The molecule has 0 aliphatic heterocycles. The van der Waals surface area contributed by atoms with Gasteiger partial charge in [-0.25, -0.2) is 0 Å². The first-order valence-corrected chi connectivity index (χ1v) is 17.2. The monoisotopic (exact) mass is 616 g/mol. The van der Waals surface area contributed by atoms with Crippen LogP contribution in [0.25, 0.3) is 0 Å². The predicted octanol–water partition coefficient (Wildman–Crippen LogP) is 7.80. The number of amides is 4. The van der Waals surface area contributed by atoms with Crippen LogP contribution in [0, 0.1) is 0 Å². The van der Waals surface area contributed by atoms with E-state index in [0.29, 0.717) is 35.3 Å². The van der Waals surface area contributed by atoms with Gasteiger partial charge in [0.1, 0.15) is 0 Å². The second-order valence-corrected chi connectivity index (χ2v) is 12.9. The van der Waals surface area contributed by atoms with Crippen LogP contribution in [0.3, 0.4) is 0 Å². The minimum atomic E-state index is -0.0858. The summed E-state index contributed by atoms with van der Waals surface area (Å²) in [6.45, 7) is 0. The molecule has 2 fully saturated rings. The van der Waals surface area contributed by atoms with Crippen LogP contribution >= 0.6 is 0 Å². The Balaban J connectivity index is 1.13. The standard InChI is InChI=1S/C37H52N4O4/c1-40(28-18-8-6-9-19-28)36(44)30-22-14-16-24-32(30)38-34(42)26-12-4-3-5-13-27-35(43)39-33-25-17-15-23-31(33)37(45)41(2)29-20-10-7-11-21-29/h14-17,22-25,28-29H,3-13,18-21,26-27H2,1-2H3,(H,38,42)(H,39,43). The lowest BCUT2D eigenvalue weighted by atomic mass is 9.94. The Kier molecular flexibility index (Phi) is 13.5. The van der Waals surface area contributed by atoms with Crippen molar-refractivity contribution < 1.29 is 19.2 Å². The van der Waals surface area contributed by atoms with Gasteiger partial charge in [0.25, 0.3) is 11.8 Å². The minimum Gasteiger partial charge on any atom is -0.339 e. The molecule has 0 saturated heterocycles. The van der Waals surface area contributed by atoms with Gasteiger partial charge >= 0.3 is 0 Å². The number of hydrogen-bond donors (Lipinski definition) is 2. The van der Waals surface area contributed by atoms with Gasteiger partial charge in [-0.2, -0.15) is 0 Å². The smallest absolute Gasteiger partial charge is 0.255 e. The van der Waals surface area contributed by atoms with E-state index in [0.717, 1.165) is 83.5 Å². The second kappa shape index (κ2) is 17.7. The molecule has 0 heterocycles. The van der Waals surface area contributed by atoms with Crippen molar-refractivity contribution in [2.75, 3.05) is 24.7 Å². The highest BCUT2D eigenvalue weighted by Crippen LogP contribution is 2.27. The molecule has 0 spiro atoms. The maximum Gasteiger partial charge on any atom is 0.255 e. The van der Waals surface area contributed by atoms with E-state index in [-0.39, 0.29) is 35.7 Å². The van der Waals surface area contributed by atoms with Gasteiger partial charge in [0.2, 0.25) is 11.8 Å². The van der Waals surface area contributed by atoms with Crippen molar-refractivity contribution in [2.45, 2.75) is 121 Å². The van der Waals surface area contributed by atoms with Crippen LogP contribution in [0.1, 0.15) is 130 Å². The van der Waals surface area contributed by atoms with E-state index in [1.165, 1.54) is 12.8 Å². The minimum absolute atomic E-state index is 0.0382. The van der Waals surface area contributed by atoms with Gasteiger partial charge in [-0.1, -0.05) is 82.1 Å². The fourth-order valence-electron chi connectivity index (χ4n) is 6.73. The molecular weight excluding hydrogens is 564 g/mol. The zero-order valence-corrected chi connectivity index (χ0v) is 27.3. The SMILES string of the molecule is CN(C(=O)c1ccccc1NC(=O)CCCCCCCC(=O)Nc1ccccc1C(=O)N(C)C1CCCCC1)C1CCCCC1. The van der Waals surface area contributed by atoms with Crippen LogP contribution in [0.15, 0.2) is 48.5 Å². The molecule has 8 nitrogen and oxygen atoms in total. The summed E-state index contributed by atoms with van der Waals surface area (Å²) in [7, 11) is 3.75. The summed E-state index contributed by atoms with van der Waals surface area (Å²) in [4.78, 5) is 55.5. The van der Waals surface area contributed by atoms with Gasteiger partial charge < -0.3 is 20.4 Å². The van der Waals surface area contributed by atoms with Crippen molar-refractivity contribution in [3.8, 4) is 0 Å². The fourth-order valence-corrected chi connectivity index (χ4v) is 6.73. The van der Waals surface area contributed by atoms with Crippen LogP contribution in [0.4, 0.5) is 11.4 Å². The molecule has 2 aromatic rings. The number of nitrogens with zero attached hydrogens (tertiary/aromatic N) is 2. The Morgan fingerprint density at radius 1 is 0.556 bits per heavy atom. The number of nitrogens with one attached hydrogen (secondary N) is 2. The third-order valence-electron chi connectivity index (χ3n) is 9.56. The quantitative estimate of drug-likeness (QED) is 0.212. The molecule has 2 N–H and O–H groups in total. The fraction of sp³-hybridized carbons (Fsp3) is 0.568. The summed E-state index contributed by atoms with van der Waals surface area (Å²) in [5.41, 5.74) is 2.23. The lowest BCUT2D eigenvalue weighted by Crippen LogP contribution is -2.38. The molecular formula is C37H52N4O4. The van der Waals surface area contributed by atoms with Gasteiger partial charge in [-0.15, -0.1) is 0 Å². The molecule has 0 unspecified atom stereocenters. The molecule has 45 heavy (non-hydrogen) atoms. The third-order valence-corrected chi connectivity index (χ3v) is 9.56. The van der Waals surface area contributed by atoms with Crippen molar-refractivity contribution in [2.24, 2.45) is 0 Å². The summed E-state index contributed by atoms with van der Waals surface area (Å²) >= 11 is 0. The Hall–Kier alpha value is -3.68. The highest BCUT2D eigenvalue weighted by Gasteiger charge is 2.26. The van der Waals surface area contributed by atoms with Crippen molar-refractivity contribution in [1.29, 1.82) is 0 Å². The van der Waals surface area contributed by atoms with Gasteiger partial charge in [-0.05, 0) is 62.8 Å². The molecule has 4 amide bonds. The predicted molar refractivity (Wildman–Crippen MR) is 180 cm³/mol. The van der Waals surface area contributed by atoms with E-state index in [1.54, 1.807) is 24.3 Å². The number of hydrogen-bond acceptors (Lipinski definition) is 4. The average Bonchev–Trinajstić information content (AvgIpc) is 3.07.